The fourth-order valence-electron chi connectivity index (χ4n) is 2.38. The van der Waals surface area contributed by atoms with Crippen molar-refractivity contribution in [2.75, 3.05) is 0 Å². The van der Waals surface area contributed by atoms with Gasteiger partial charge in [0.15, 0.2) is 0 Å². The number of aryl methyl sites for hydroxylation is 1. The number of hydrogen-bond donors (Lipinski definition) is 1. The Balaban J connectivity index is 2.03. The number of thiocarbonyl (C=S) groups is 1. The molecule has 0 fully saturated rings. The third kappa shape index (κ3) is 2.42. The maximum Gasteiger partial charge on any atom is 0.104 e. The molecule has 0 amide bonds. The van der Waals surface area contributed by atoms with Crippen LogP contribution in [-0.2, 0) is 6.54 Å². The molecule has 0 atom stereocenters. The minimum atomic E-state index is 0.428. The summed E-state index contributed by atoms with van der Waals surface area (Å²) in [5.41, 5.74) is 10.1. The van der Waals surface area contributed by atoms with Gasteiger partial charge in [-0.1, -0.05) is 30.4 Å². The second kappa shape index (κ2) is 5.06. The summed E-state index contributed by atoms with van der Waals surface area (Å²) in [7, 11) is 0. The molecule has 2 aromatic heterocycles. The maximum atomic E-state index is 5.71. The lowest BCUT2D eigenvalue weighted by molar-refractivity contribution is 0.830. The van der Waals surface area contributed by atoms with Gasteiger partial charge in [0.25, 0.3) is 0 Å². The van der Waals surface area contributed by atoms with Crippen molar-refractivity contribution in [2.24, 2.45) is 5.73 Å². The zero-order chi connectivity index (χ0) is 14.1. The van der Waals surface area contributed by atoms with Gasteiger partial charge in [-0.3, -0.25) is 4.98 Å². The number of pyridine rings is 1. The SMILES string of the molecule is Cc1cncc(Cn2ccc3ccc(C(N)=S)cc32)c1. The summed E-state index contributed by atoms with van der Waals surface area (Å²) >= 11 is 5.05. The molecule has 2 N–H and O–H groups in total. The normalized spacial score (nSPS) is 10.8. The minimum absolute atomic E-state index is 0.428. The van der Waals surface area contributed by atoms with E-state index in [4.69, 9.17) is 18.0 Å². The van der Waals surface area contributed by atoms with E-state index in [1.165, 1.54) is 16.5 Å². The Hall–Kier alpha value is -2.20. The number of aromatic nitrogens is 2. The van der Waals surface area contributed by atoms with Crippen LogP contribution >= 0.6 is 12.2 Å². The van der Waals surface area contributed by atoms with E-state index in [2.05, 4.69) is 40.9 Å². The van der Waals surface area contributed by atoms with Gasteiger partial charge in [-0.15, -0.1) is 0 Å². The van der Waals surface area contributed by atoms with Crippen LogP contribution in [0.1, 0.15) is 16.7 Å². The van der Waals surface area contributed by atoms with Gasteiger partial charge in [0.2, 0.25) is 0 Å². The van der Waals surface area contributed by atoms with Crippen LogP contribution in [0.4, 0.5) is 0 Å². The Labute approximate surface area is 123 Å². The van der Waals surface area contributed by atoms with Crippen LogP contribution in [-0.4, -0.2) is 14.5 Å². The van der Waals surface area contributed by atoms with E-state index in [1.807, 2.05) is 24.5 Å². The van der Waals surface area contributed by atoms with Crippen LogP contribution < -0.4 is 5.73 Å². The van der Waals surface area contributed by atoms with Gasteiger partial charge in [0, 0.05) is 36.2 Å². The Morgan fingerprint density at radius 1 is 1.25 bits per heavy atom. The average Bonchev–Trinajstić information content (AvgIpc) is 2.81. The highest BCUT2D eigenvalue weighted by atomic mass is 32.1. The van der Waals surface area contributed by atoms with Gasteiger partial charge in [0.05, 0.1) is 0 Å². The number of nitrogens with two attached hydrogens (primary N) is 1. The van der Waals surface area contributed by atoms with Crippen molar-refractivity contribution in [3.63, 3.8) is 0 Å². The van der Waals surface area contributed by atoms with Gasteiger partial charge >= 0.3 is 0 Å². The second-order valence-corrected chi connectivity index (χ2v) is 5.39. The minimum Gasteiger partial charge on any atom is -0.389 e. The molecular formula is C16H15N3S. The molecule has 0 radical (unpaired) electrons. The molecule has 0 saturated carbocycles. The molecule has 0 saturated heterocycles. The van der Waals surface area contributed by atoms with Crippen LogP contribution in [0.2, 0.25) is 0 Å². The molecule has 0 bridgehead atoms. The average molecular weight is 281 g/mol. The summed E-state index contributed by atoms with van der Waals surface area (Å²) in [6.07, 6.45) is 5.84. The van der Waals surface area contributed by atoms with E-state index in [0.29, 0.717) is 4.99 Å². The predicted octanol–water partition coefficient (Wildman–Crippen LogP) is 3.03. The number of fused-ring (bicyclic) bond motifs is 1. The highest BCUT2D eigenvalue weighted by Crippen LogP contribution is 2.19. The summed E-state index contributed by atoms with van der Waals surface area (Å²) in [6.45, 7) is 2.84. The van der Waals surface area contributed by atoms with Crippen LogP contribution in [0.3, 0.4) is 0 Å². The summed E-state index contributed by atoms with van der Waals surface area (Å²) in [5.74, 6) is 0. The first-order chi connectivity index (χ1) is 9.63. The molecule has 3 aromatic rings. The molecule has 0 unspecified atom stereocenters. The zero-order valence-corrected chi connectivity index (χ0v) is 12.0. The van der Waals surface area contributed by atoms with Crippen molar-refractivity contribution in [1.29, 1.82) is 0 Å². The van der Waals surface area contributed by atoms with Crippen LogP contribution in [0, 0.1) is 6.92 Å². The quantitative estimate of drug-likeness (QED) is 0.750. The summed E-state index contributed by atoms with van der Waals surface area (Å²) in [4.78, 5) is 4.66. The van der Waals surface area contributed by atoms with Gasteiger partial charge < -0.3 is 10.3 Å². The maximum absolute atomic E-state index is 5.71. The lowest BCUT2D eigenvalue weighted by Gasteiger charge is -2.07. The van der Waals surface area contributed by atoms with Crippen LogP contribution in [0.25, 0.3) is 10.9 Å². The van der Waals surface area contributed by atoms with Crippen LogP contribution in [0.15, 0.2) is 48.9 Å². The highest BCUT2D eigenvalue weighted by Gasteiger charge is 2.05. The molecule has 1 aromatic carbocycles. The van der Waals surface area contributed by atoms with Gasteiger partial charge in [-0.05, 0) is 35.6 Å². The van der Waals surface area contributed by atoms with Gasteiger partial charge in [-0.2, -0.15) is 0 Å². The van der Waals surface area contributed by atoms with E-state index >= 15 is 0 Å². The number of hydrogen-bond acceptors (Lipinski definition) is 2. The number of benzene rings is 1. The fraction of sp³-hybridized carbons (Fsp3) is 0.125. The smallest absolute Gasteiger partial charge is 0.104 e. The third-order valence-corrected chi connectivity index (χ3v) is 3.58. The van der Waals surface area contributed by atoms with Gasteiger partial charge in [0.1, 0.15) is 4.99 Å². The molecule has 4 heteroatoms. The van der Waals surface area contributed by atoms with E-state index in [9.17, 15) is 0 Å². The first-order valence-corrected chi connectivity index (χ1v) is 6.83. The topological polar surface area (TPSA) is 43.8 Å². The van der Waals surface area contributed by atoms with E-state index in [-0.39, 0.29) is 0 Å². The molecule has 0 aliphatic rings. The largest absolute Gasteiger partial charge is 0.389 e. The Bertz CT molecular complexity index is 789. The molecule has 2 heterocycles. The first kappa shape index (κ1) is 12.8. The predicted molar refractivity (Wildman–Crippen MR) is 85.9 cm³/mol. The summed E-state index contributed by atoms with van der Waals surface area (Å²) in [5, 5.41) is 1.19. The number of nitrogens with zero attached hydrogens (tertiary/aromatic N) is 2. The molecule has 20 heavy (non-hydrogen) atoms. The van der Waals surface area contributed by atoms with E-state index in [1.54, 1.807) is 0 Å². The third-order valence-electron chi connectivity index (χ3n) is 3.34. The van der Waals surface area contributed by atoms with E-state index in [0.717, 1.165) is 17.6 Å². The van der Waals surface area contributed by atoms with Crippen molar-refractivity contribution >= 4 is 28.1 Å². The summed E-state index contributed by atoms with van der Waals surface area (Å²) in [6, 6.07) is 10.3. The lowest BCUT2D eigenvalue weighted by Crippen LogP contribution is -2.09. The van der Waals surface area contributed by atoms with Crippen molar-refractivity contribution in [1.82, 2.24) is 9.55 Å². The molecule has 0 aliphatic heterocycles. The molecule has 0 aliphatic carbocycles. The highest BCUT2D eigenvalue weighted by molar-refractivity contribution is 7.80. The van der Waals surface area contributed by atoms with E-state index < -0.39 is 0 Å². The first-order valence-electron chi connectivity index (χ1n) is 6.43. The van der Waals surface area contributed by atoms with Crippen LogP contribution in [0.5, 0.6) is 0 Å². The van der Waals surface area contributed by atoms with Gasteiger partial charge in [-0.25, -0.2) is 0 Å². The van der Waals surface area contributed by atoms with Crippen molar-refractivity contribution in [2.45, 2.75) is 13.5 Å². The standard InChI is InChI=1S/C16H15N3S/c1-11-6-12(9-18-8-11)10-19-5-4-13-2-3-14(16(17)20)7-15(13)19/h2-9H,10H2,1H3,(H2,17,20). The summed E-state index contributed by atoms with van der Waals surface area (Å²) < 4.78 is 2.19. The monoisotopic (exact) mass is 281 g/mol. The Morgan fingerprint density at radius 2 is 2.10 bits per heavy atom. The zero-order valence-electron chi connectivity index (χ0n) is 11.2. The number of rotatable bonds is 3. The van der Waals surface area contributed by atoms with Crippen molar-refractivity contribution in [3.05, 3.63) is 65.6 Å². The van der Waals surface area contributed by atoms with Crippen molar-refractivity contribution in [3.8, 4) is 0 Å². The van der Waals surface area contributed by atoms with Crippen molar-refractivity contribution < 1.29 is 0 Å². The Morgan fingerprint density at radius 3 is 2.85 bits per heavy atom. The Kier molecular flexibility index (Phi) is 3.24. The molecule has 3 rings (SSSR count). The molecule has 0 spiro atoms. The molecule has 100 valence electrons. The fourth-order valence-corrected chi connectivity index (χ4v) is 2.50. The molecular weight excluding hydrogens is 266 g/mol. The molecule has 3 nitrogen and oxygen atoms in total. The lowest BCUT2D eigenvalue weighted by atomic mass is 10.1. The second-order valence-electron chi connectivity index (χ2n) is 4.95.